The van der Waals surface area contributed by atoms with E-state index in [2.05, 4.69) is 41.7 Å². The molecule has 0 spiro atoms. The molecule has 27 heavy (non-hydrogen) atoms. The fourth-order valence-corrected chi connectivity index (χ4v) is 2.28. The lowest BCUT2D eigenvalue weighted by Gasteiger charge is -2.21. The topological polar surface area (TPSA) is 77.9 Å². The number of rotatable bonds is 9. The highest BCUT2D eigenvalue weighted by Crippen LogP contribution is 2.19. The van der Waals surface area contributed by atoms with Crippen LogP contribution in [0.25, 0.3) is 0 Å². The van der Waals surface area contributed by atoms with Crippen molar-refractivity contribution in [2.45, 2.75) is 59.3 Å². The molecule has 1 unspecified atom stereocenters. The number of ether oxygens (including phenoxy) is 1. The van der Waals surface area contributed by atoms with Crippen LogP contribution in [0.4, 0.5) is 0 Å². The van der Waals surface area contributed by atoms with Gasteiger partial charge in [-0.2, -0.15) is 0 Å². The Balaban J connectivity index is 0.00000676. The Bertz CT molecular complexity index is 542. The van der Waals surface area contributed by atoms with Crippen LogP contribution in [0.5, 0.6) is 5.75 Å². The van der Waals surface area contributed by atoms with E-state index in [4.69, 9.17) is 4.74 Å². The Hall–Kier alpha value is -1.06. The minimum Gasteiger partial charge on any atom is -0.491 e. The Labute approximate surface area is 181 Å². The zero-order chi connectivity index (χ0) is 19.6. The normalized spacial score (nSPS) is 13.1. The summed E-state index contributed by atoms with van der Waals surface area (Å²) in [5.74, 6) is 1.52. The van der Waals surface area contributed by atoms with Crippen molar-refractivity contribution in [3.05, 3.63) is 29.8 Å². The fraction of sp³-hybridized carbons (Fsp3) is 0.650. The Kier molecular flexibility index (Phi) is 12.7. The maximum absolute atomic E-state index is 10.4. The lowest BCUT2D eigenvalue weighted by atomic mass is 10.1. The van der Waals surface area contributed by atoms with Crippen molar-refractivity contribution in [2.24, 2.45) is 4.99 Å². The second kappa shape index (κ2) is 13.2. The number of halogens is 1. The van der Waals surface area contributed by atoms with Gasteiger partial charge in [-0.05, 0) is 59.2 Å². The minimum atomic E-state index is -0.647. The van der Waals surface area contributed by atoms with Gasteiger partial charge >= 0.3 is 0 Å². The third kappa shape index (κ3) is 12.1. The molecule has 0 aliphatic carbocycles. The van der Waals surface area contributed by atoms with E-state index in [0.29, 0.717) is 12.5 Å². The molecule has 0 aromatic heterocycles. The molecular weight excluding hydrogens is 455 g/mol. The van der Waals surface area contributed by atoms with Crippen LogP contribution >= 0.6 is 24.0 Å². The van der Waals surface area contributed by atoms with Crippen LogP contribution in [-0.2, 0) is 0 Å². The first-order chi connectivity index (χ1) is 12.2. The fourth-order valence-electron chi connectivity index (χ4n) is 2.28. The zero-order valence-corrected chi connectivity index (χ0v) is 19.8. The van der Waals surface area contributed by atoms with Crippen molar-refractivity contribution in [2.75, 3.05) is 26.2 Å². The van der Waals surface area contributed by atoms with E-state index in [1.807, 2.05) is 45.0 Å². The van der Waals surface area contributed by atoms with Crippen molar-refractivity contribution in [3.8, 4) is 5.75 Å². The molecule has 0 heterocycles. The standard InChI is InChI=1S/C20H36N4O2.HI/c1-7-21-19(22-12-13-24-20(4,5)6)23-14-18(25)16-8-10-17(11-9-16)26-15(2)3;/h8-11,15,18,24-25H,7,12-14H2,1-6H3,(H2,21,22,23);1H. The largest absolute Gasteiger partial charge is 0.491 e. The predicted octanol–water partition coefficient (Wildman–Crippen LogP) is 3.07. The van der Waals surface area contributed by atoms with E-state index in [9.17, 15) is 5.11 Å². The molecule has 0 saturated carbocycles. The molecule has 0 aliphatic rings. The van der Waals surface area contributed by atoms with Crippen molar-refractivity contribution in [1.29, 1.82) is 0 Å². The summed E-state index contributed by atoms with van der Waals surface area (Å²) in [7, 11) is 0. The number of nitrogens with zero attached hydrogens (tertiary/aromatic N) is 1. The van der Waals surface area contributed by atoms with E-state index in [1.165, 1.54) is 0 Å². The lowest BCUT2D eigenvalue weighted by Crippen LogP contribution is -2.44. The molecular formula is C20H37IN4O2. The molecule has 6 nitrogen and oxygen atoms in total. The third-order valence-electron chi connectivity index (χ3n) is 3.48. The monoisotopic (exact) mass is 492 g/mol. The summed E-state index contributed by atoms with van der Waals surface area (Å²) in [5.41, 5.74) is 0.925. The molecule has 4 N–H and O–H groups in total. The van der Waals surface area contributed by atoms with Gasteiger partial charge in [0, 0.05) is 25.2 Å². The highest BCUT2D eigenvalue weighted by Gasteiger charge is 2.09. The van der Waals surface area contributed by atoms with Crippen LogP contribution in [0.3, 0.4) is 0 Å². The number of benzene rings is 1. The summed E-state index contributed by atoms with van der Waals surface area (Å²) in [4.78, 5) is 4.48. The van der Waals surface area contributed by atoms with Crippen molar-refractivity contribution in [1.82, 2.24) is 16.0 Å². The lowest BCUT2D eigenvalue weighted by molar-refractivity contribution is 0.186. The molecule has 0 saturated heterocycles. The van der Waals surface area contributed by atoms with Gasteiger partial charge in [0.1, 0.15) is 5.75 Å². The smallest absolute Gasteiger partial charge is 0.191 e. The van der Waals surface area contributed by atoms with Crippen LogP contribution in [0, 0.1) is 0 Å². The average molecular weight is 492 g/mol. The van der Waals surface area contributed by atoms with E-state index >= 15 is 0 Å². The molecule has 156 valence electrons. The van der Waals surface area contributed by atoms with Crippen molar-refractivity contribution >= 4 is 29.9 Å². The van der Waals surface area contributed by atoms with Gasteiger partial charge in [0.2, 0.25) is 0 Å². The molecule has 0 bridgehead atoms. The summed E-state index contributed by atoms with van der Waals surface area (Å²) >= 11 is 0. The van der Waals surface area contributed by atoms with Gasteiger partial charge in [-0.15, -0.1) is 24.0 Å². The molecule has 0 fully saturated rings. The maximum Gasteiger partial charge on any atom is 0.191 e. The number of aliphatic hydroxyl groups is 1. The number of nitrogens with one attached hydrogen (secondary N) is 3. The van der Waals surface area contributed by atoms with Gasteiger partial charge in [-0.25, -0.2) is 0 Å². The van der Waals surface area contributed by atoms with Crippen molar-refractivity contribution < 1.29 is 9.84 Å². The molecule has 0 aliphatic heterocycles. The molecule has 0 amide bonds. The molecule has 7 heteroatoms. The number of aliphatic imine (C=N–C) groups is 1. The summed E-state index contributed by atoms with van der Waals surface area (Å²) in [5, 5.41) is 20.3. The van der Waals surface area contributed by atoms with E-state index in [0.717, 1.165) is 30.9 Å². The summed E-state index contributed by atoms with van der Waals surface area (Å²) in [6.45, 7) is 15.1. The van der Waals surface area contributed by atoms with Crippen LogP contribution in [0.1, 0.15) is 53.2 Å². The number of guanidine groups is 1. The van der Waals surface area contributed by atoms with Gasteiger partial charge in [-0.3, -0.25) is 4.99 Å². The van der Waals surface area contributed by atoms with Gasteiger partial charge in [0.15, 0.2) is 5.96 Å². The van der Waals surface area contributed by atoms with Crippen LogP contribution in [-0.4, -0.2) is 48.9 Å². The van der Waals surface area contributed by atoms with E-state index in [1.54, 1.807) is 0 Å². The molecule has 1 aromatic rings. The molecule has 1 rings (SSSR count). The first-order valence-electron chi connectivity index (χ1n) is 9.43. The maximum atomic E-state index is 10.4. The molecule has 1 aromatic carbocycles. The van der Waals surface area contributed by atoms with Gasteiger partial charge < -0.3 is 25.8 Å². The number of aliphatic hydroxyl groups excluding tert-OH is 1. The molecule has 0 radical (unpaired) electrons. The highest BCUT2D eigenvalue weighted by molar-refractivity contribution is 14.0. The Morgan fingerprint density at radius 3 is 2.26 bits per heavy atom. The summed E-state index contributed by atoms with van der Waals surface area (Å²) in [6.07, 6.45) is -0.511. The summed E-state index contributed by atoms with van der Waals surface area (Å²) in [6, 6.07) is 7.52. The predicted molar refractivity (Wildman–Crippen MR) is 124 cm³/mol. The third-order valence-corrected chi connectivity index (χ3v) is 3.48. The van der Waals surface area contributed by atoms with Crippen molar-refractivity contribution in [3.63, 3.8) is 0 Å². The molecule has 1 atom stereocenters. The van der Waals surface area contributed by atoms with Gasteiger partial charge in [0.05, 0.1) is 18.8 Å². The van der Waals surface area contributed by atoms with Crippen LogP contribution in [0.2, 0.25) is 0 Å². The second-order valence-corrected chi connectivity index (χ2v) is 7.57. The number of hydrogen-bond acceptors (Lipinski definition) is 4. The number of hydrogen-bond donors (Lipinski definition) is 4. The summed E-state index contributed by atoms with van der Waals surface area (Å²) < 4.78 is 5.62. The Morgan fingerprint density at radius 1 is 1.11 bits per heavy atom. The zero-order valence-electron chi connectivity index (χ0n) is 17.5. The quantitative estimate of drug-likeness (QED) is 0.185. The average Bonchev–Trinajstić information content (AvgIpc) is 2.55. The van der Waals surface area contributed by atoms with Gasteiger partial charge in [0.25, 0.3) is 0 Å². The second-order valence-electron chi connectivity index (χ2n) is 7.57. The first-order valence-corrected chi connectivity index (χ1v) is 9.43. The van der Waals surface area contributed by atoms with Crippen LogP contribution < -0.4 is 20.7 Å². The van der Waals surface area contributed by atoms with Crippen LogP contribution in [0.15, 0.2) is 29.3 Å². The SMILES string of the molecule is CCNC(=NCC(O)c1ccc(OC(C)C)cc1)NCCNC(C)(C)C.I. The Morgan fingerprint density at radius 2 is 1.74 bits per heavy atom. The minimum absolute atomic E-state index is 0. The highest BCUT2D eigenvalue weighted by atomic mass is 127. The van der Waals surface area contributed by atoms with E-state index < -0.39 is 6.10 Å². The first kappa shape index (κ1) is 25.9. The van der Waals surface area contributed by atoms with Gasteiger partial charge in [-0.1, -0.05) is 12.1 Å². The van der Waals surface area contributed by atoms with E-state index in [-0.39, 0.29) is 35.6 Å².